The van der Waals surface area contributed by atoms with Gasteiger partial charge in [0, 0.05) is 12.2 Å². The van der Waals surface area contributed by atoms with E-state index in [1.165, 1.54) is 0 Å². The number of likely N-dealkylation sites (tertiary alicyclic amines) is 1. The number of nitrogens with one attached hydrogen (secondary N) is 1. The monoisotopic (exact) mass is 316 g/mol. The number of amides is 1. The Morgan fingerprint density at radius 1 is 1.35 bits per heavy atom. The van der Waals surface area contributed by atoms with Crippen molar-refractivity contribution in [2.45, 2.75) is 6.42 Å². The van der Waals surface area contributed by atoms with Gasteiger partial charge in [-0.2, -0.15) is 0 Å². The summed E-state index contributed by atoms with van der Waals surface area (Å²) in [6, 6.07) is 4.85. The summed E-state index contributed by atoms with van der Waals surface area (Å²) in [6.07, 6.45) is 0.579. The van der Waals surface area contributed by atoms with E-state index in [1.54, 1.807) is 18.2 Å². The zero-order valence-corrected chi connectivity index (χ0v) is 12.1. The van der Waals surface area contributed by atoms with Gasteiger partial charge in [-0.25, -0.2) is 0 Å². The van der Waals surface area contributed by atoms with Crippen LogP contribution in [0.5, 0.6) is 0 Å². The van der Waals surface area contributed by atoms with E-state index >= 15 is 0 Å². The number of carbonyl (C=O) groups excluding carboxylic acids is 1. The first-order valence-corrected chi connectivity index (χ1v) is 6.91. The lowest BCUT2D eigenvalue weighted by atomic mass is 10.1. The molecule has 1 atom stereocenters. The average molecular weight is 317 g/mol. The fourth-order valence-corrected chi connectivity index (χ4v) is 2.45. The van der Waals surface area contributed by atoms with Gasteiger partial charge < -0.3 is 10.4 Å². The highest BCUT2D eigenvalue weighted by Crippen LogP contribution is 2.25. The minimum Gasteiger partial charge on any atom is -0.481 e. The van der Waals surface area contributed by atoms with Crippen LogP contribution >= 0.6 is 23.2 Å². The molecule has 0 spiro atoms. The van der Waals surface area contributed by atoms with Gasteiger partial charge in [0.05, 0.1) is 22.5 Å². The van der Waals surface area contributed by atoms with Gasteiger partial charge in [0.15, 0.2) is 0 Å². The van der Waals surface area contributed by atoms with Crippen molar-refractivity contribution >= 4 is 40.8 Å². The van der Waals surface area contributed by atoms with Gasteiger partial charge in [-0.3, -0.25) is 14.5 Å². The lowest BCUT2D eigenvalue weighted by Gasteiger charge is -2.15. The molecule has 0 aliphatic carbocycles. The number of carboxylic acids is 1. The van der Waals surface area contributed by atoms with Gasteiger partial charge in [-0.05, 0) is 31.2 Å². The second kappa shape index (κ2) is 6.43. The maximum atomic E-state index is 11.9. The van der Waals surface area contributed by atoms with Crippen molar-refractivity contribution in [3.8, 4) is 0 Å². The third-order valence-corrected chi connectivity index (χ3v) is 3.93. The summed E-state index contributed by atoms with van der Waals surface area (Å²) in [5.74, 6) is -1.39. The van der Waals surface area contributed by atoms with E-state index < -0.39 is 5.97 Å². The number of hydrogen-bond acceptors (Lipinski definition) is 3. The molecule has 7 heteroatoms. The molecule has 0 bridgehead atoms. The highest BCUT2D eigenvalue weighted by molar-refractivity contribution is 6.42. The fraction of sp³-hybridized carbons (Fsp3) is 0.385. The quantitative estimate of drug-likeness (QED) is 0.894. The molecule has 1 aliphatic rings. The maximum absolute atomic E-state index is 11.9. The number of rotatable bonds is 4. The Bertz CT molecular complexity index is 536. The molecule has 0 radical (unpaired) electrons. The smallest absolute Gasteiger partial charge is 0.307 e. The SMILES string of the molecule is O=C(CN1CCC(C(=O)O)C1)Nc1ccc(Cl)c(Cl)c1. The van der Waals surface area contributed by atoms with Crippen molar-refractivity contribution in [3.05, 3.63) is 28.2 Å². The van der Waals surface area contributed by atoms with Crippen LogP contribution in [0.25, 0.3) is 0 Å². The van der Waals surface area contributed by atoms with Crippen LogP contribution in [0, 0.1) is 5.92 Å². The Morgan fingerprint density at radius 3 is 2.70 bits per heavy atom. The third-order valence-electron chi connectivity index (χ3n) is 3.19. The molecule has 1 heterocycles. The third kappa shape index (κ3) is 3.85. The molecule has 2 rings (SSSR count). The van der Waals surface area contributed by atoms with E-state index in [0.717, 1.165) is 0 Å². The van der Waals surface area contributed by atoms with Crippen molar-refractivity contribution in [2.75, 3.05) is 25.0 Å². The molecular weight excluding hydrogens is 303 g/mol. The highest BCUT2D eigenvalue weighted by atomic mass is 35.5. The van der Waals surface area contributed by atoms with Crippen LogP contribution in [0.3, 0.4) is 0 Å². The Kier molecular flexibility index (Phi) is 4.86. The van der Waals surface area contributed by atoms with Gasteiger partial charge in [-0.1, -0.05) is 23.2 Å². The molecule has 1 aromatic rings. The molecule has 1 fully saturated rings. The van der Waals surface area contributed by atoms with Crippen LogP contribution in [0.4, 0.5) is 5.69 Å². The summed E-state index contributed by atoms with van der Waals surface area (Å²) in [4.78, 5) is 24.5. The number of halogens is 2. The number of hydrogen-bond donors (Lipinski definition) is 2. The van der Waals surface area contributed by atoms with Gasteiger partial charge in [0.25, 0.3) is 0 Å². The van der Waals surface area contributed by atoms with Gasteiger partial charge in [0.2, 0.25) is 5.91 Å². The first-order valence-electron chi connectivity index (χ1n) is 6.16. The Balaban J connectivity index is 1.87. The molecule has 1 saturated heterocycles. The number of carboxylic acid groups (broad SMARTS) is 1. The topological polar surface area (TPSA) is 69.6 Å². The molecule has 2 N–H and O–H groups in total. The van der Waals surface area contributed by atoms with Crippen LogP contribution in [0.2, 0.25) is 10.0 Å². The Morgan fingerprint density at radius 2 is 2.10 bits per heavy atom. The van der Waals surface area contributed by atoms with Gasteiger partial charge in [-0.15, -0.1) is 0 Å². The van der Waals surface area contributed by atoms with Crippen LogP contribution < -0.4 is 5.32 Å². The van der Waals surface area contributed by atoms with Crippen molar-refractivity contribution in [3.63, 3.8) is 0 Å². The standard InChI is InChI=1S/C13H14Cl2N2O3/c14-10-2-1-9(5-11(10)15)16-12(18)7-17-4-3-8(6-17)13(19)20/h1-2,5,8H,3-4,6-7H2,(H,16,18)(H,19,20). The van der Waals surface area contributed by atoms with E-state index in [1.807, 2.05) is 4.90 Å². The Hall–Kier alpha value is -1.30. The summed E-state index contributed by atoms with van der Waals surface area (Å²) in [7, 11) is 0. The molecule has 1 amide bonds. The lowest BCUT2D eigenvalue weighted by molar-refractivity contribution is -0.141. The Labute approximate surface area is 126 Å². The second-order valence-corrected chi connectivity index (χ2v) is 5.55. The molecule has 1 aliphatic heterocycles. The predicted octanol–water partition coefficient (Wildman–Crippen LogP) is 2.34. The molecule has 20 heavy (non-hydrogen) atoms. The zero-order valence-electron chi connectivity index (χ0n) is 10.6. The summed E-state index contributed by atoms with van der Waals surface area (Å²) in [5, 5.41) is 12.4. The summed E-state index contributed by atoms with van der Waals surface area (Å²) < 4.78 is 0. The fourth-order valence-electron chi connectivity index (χ4n) is 2.16. The zero-order chi connectivity index (χ0) is 14.7. The highest BCUT2D eigenvalue weighted by Gasteiger charge is 2.28. The van der Waals surface area contributed by atoms with E-state index in [0.29, 0.717) is 35.2 Å². The van der Waals surface area contributed by atoms with Crippen LogP contribution in [0.15, 0.2) is 18.2 Å². The van der Waals surface area contributed by atoms with Crippen LogP contribution in [0.1, 0.15) is 6.42 Å². The summed E-state index contributed by atoms with van der Waals surface area (Å²) in [5.41, 5.74) is 0.568. The molecule has 1 aromatic carbocycles. The van der Waals surface area contributed by atoms with Crippen LogP contribution in [-0.2, 0) is 9.59 Å². The van der Waals surface area contributed by atoms with Crippen molar-refractivity contribution in [1.82, 2.24) is 4.90 Å². The van der Waals surface area contributed by atoms with E-state index in [4.69, 9.17) is 28.3 Å². The van der Waals surface area contributed by atoms with E-state index in [-0.39, 0.29) is 18.4 Å². The minimum absolute atomic E-state index is 0.171. The predicted molar refractivity (Wildman–Crippen MR) is 77.3 cm³/mol. The van der Waals surface area contributed by atoms with E-state index in [2.05, 4.69) is 5.32 Å². The molecule has 108 valence electrons. The maximum Gasteiger partial charge on any atom is 0.307 e. The van der Waals surface area contributed by atoms with Crippen molar-refractivity contribution in [1.29, 1.82) is 0 Å². The average Bonchev–Trinajstić information content (AvgIpc) is 2.82. The molecule has 0 saturated carbocycles. The number of nitrogens with zero attached hydrogens (tertiary/aromatic N) is 1. The normalized spacial score (nSPS) is 19.0. The number of anilines is 1. The van der Waals surface area contributed by atoms with E-state index in [9.17, 15) is 9.59 Å². The second-order valence-electron chi connectivity index (χ2n) is 4.74. The van der Waals surface area contributed by atoms with Gasteiger partial charge in [0.1, 0.15) is 0 Å². The largest absolute Gasteiger partial charge is 0.481 e. The molecular formula is C13H14Cl2N2O3. The molecule has 0 aromatic heterocycles. The van der Waals surface area contributed by atoms with Crippen molar-refractivity contribution in [2.24, 2.45) is 5.92 Å². The molecule has 5 nitrogen and oxygen atoms in total. The number of carbonyl (C=O) groups is 2. The van der Waals surface area contributed by atoms with Gasteiger partial charge >= 0.3 is 5.97 Å². The summed E-state index contributed by atoms with van der Waals surface area (Å²) in [6.45, 7) is 1.19. The first-order chi connectivity index (χ1) is 9.45. The first kappa shape index (κ1) is 15.1. The van der Waals surface area contributed by atoms with Crippen LogP contribution in [-0.4, -0.2) is 41.5 Å². The lowest BCUT2D eigenvalue weighted by Crippen LogP contribution is -2.32. The summed E-state index contributed by atoms with van der Waals surface area (Å²) >= 11 is 11.7. The number of benzene rings is 1. The number of aliphatic carboxylic acids is 1. The molecule has 1 unspecified atom stereocenters. The van der Waals surface area contributed by atoms with Crippen molar-refractivity contribution < 1.29 is 14.7 Å². The minimum atomic E-state index is -0.808.